The van der Waals surface area contributed by atoms with Crippen molar-refractivity contribution in [1.82, 2.24) is 19.7 Å². The van der Waals surface area contributed by atoms with Crippen LogP contribution in [-0.4, -0.2) is 52.1 Å². The number of halogens is 2. The van der Waals surface area contributed by atoms with Crippen LogP contribution in [0.15, 0.2) is 30.6 Å². The molecule has 0 spiro atoms. The van der Waals surface area contributed by atoms with Crippen LogP contribution >= 0.6 is 0 Å². The third kappa shape index (κ3) is 5.63. The average Bonchev–Trinajstić information content (AvgIpc) is 3.44. The summed E-state index contributed by atoms with van der Waals surface area (Å²) >= 11 is 0. The number of ether oxygens (including phenoxy) is 4. The molecule has 0 bridgehead atoms. The number of hydrogen-bond donors (Lipinski definition) is 0. The van der Waals surface area contributed by atoms with Crippen molar-refractivity contribution < 1.29 is 32.5 Å². The van der Waals surface area contributed by atoms with E-state index < -0.39 is 23.9 Å². The van der Waals surface area contributed by atoms with Crippen LogP contribution in [0.2, 0.25) is 0 Å². The number of nitrogens with zero attached hydrogens (tertiary/aromatic N) is 4. The van der Waals surface area contributed by atoms with E-state index in [4.69, 9.17) is 28.9 Å². The number of carbonyl (C=O) groups is 1. The van der Waals surface area contributed by atoms with Crippen molar-refractivity contribution in [3.63, 3.8) is 0 Å². The minimum absolute atomic E-state index is 0.0241. The van der Waals surface area contributed by atoms with Crippen molar-refractivity contribution >= 4 is 5.97 Å². The molecule has 9 nitrogen and oxygen atoms in total. The fourth-order valence-electron chi connectivity index (χ4n) is 5.16. The molecule has 6 rings (SSSR count). The molecule has 2 atom stereocenters. The molecule has 212 valence electrons. The van der Waals surface area contributed by atoms with E-state index in [1.165, 1.54) is 6.07 Å². The zero-order chi connectivity index (χ0) is 27.6. The first kappa shape index (κ1) is 26.9. The summed E-state index contributed by atoms with van der Waals surface area (Å²) in [5.74, 6) is -2.02. The largest absolute Gasteiger partial charge is 0.461 e. The van der Waals surface area contributed by atoms with E-state index in [2.05, 4.69) is 5.10 Å². The van der Waals surface area contributed by atoms with E-state index in [0.717, 1.165) is 37.0 Å². The molecule has 2 saturated heterocycles. The lowest BCUT2D eigenvalue weighted by atomic mass is 9.91. The Balaban J connectivity index is 1.41. The molecule has 40 heavy (non-hydrogen) atoms. The van der Waals surface area contributed by atoms with Crippen LogP contribution in [0.4, 0.5) is 8.78 Å². The first-order valence-electron chi connectivity index (χ1n) is 13.9. The average molecular weight is 555 g/mol. The van der Waals surface area contributed by atoms with Crippen molar-refractivity contribution in [2.75, 3.05) is 26.4 Å². The second-order valence-electron chi connectivity index (χ2n) is 10.4. The third-order valence-corrected chi connectivity index (χ3v) is 7.49. The predicted octanol–water partition coefficient (Wildman–Crippen LogP) is 5.59. The van der Waals surface area contributed by atoms with Gasteiger partial charge in [0.05, 0.1) is 49.4 Å². The molecule has 1 saturated carbocycles. The second-order valence-corrected chi connectivity index (χ2v) is 10.4. The smallest absolute Gasteiger partial charge is 0.357 e. The molecule has 2 aliphatic heterocycles. The molecule has 0 amide bonds. The fourth-order valence-corrected chi connectivity index (χ4v) is 5.16. The van der Waals surface area contributed by atoms with Gasteiger partial charge >= 0.3 is 5.97 Å². The Kier molecular flexibility index (Phi) is 7.86. The first-order valence-corrected chi connectivity index (χ1v) is 13.9. The van der Waals surface area contributed by atoms with Crippen LogP contribution < -0.4 is 0 Å². The summed E-state index contributed by atoms with van der Waals surface area (Å²) in [4.78, 5) is 22.9. The minimum Gasteiger partial charge on any atom is -0.461 e. The van der Waals surface area contributed by atoms with Gasteiger partial charge < -0.3 is 18.9 Å². The Morgan fingerprint density at radius 3 is 2.67 bits per heavy atom. The Labute approximate surface area is 230 Å². The van der Waals surface area contributed by atoms with E-state index in [-0.39, 0.29) is 54.4 Å². The van der Waals surface area contributed by atoms with Gasteiger partial charge in [-0.15, -0.1) is 0 Å². The summed E-state index contributed by atoms with van der Waals surface area (Å²) in [5, 5.41) is 4.49. The van der Waals surface area contributed by atoms with Crippen LogP contribution in [0, 0.1) is 11.6 Å². The summed E-state index contributed by atoms with van der Waals surface area (Å²) in [6.07, 6.45) is 7.61. The molecule has 3 fully saturated rings. The van der Waals surface area contributed by atoms with Gasteiger partial charge in [-0.1, -0.05) is 13.3 Å². The van der Waals surface area contributed by atoms with E-state index in [1.54, 1.807) is 0 Å². The lowest BCUT2D eigenvalue weighted by Crippen LogP contribution is -2.24. The van der Waals surface area contributed by atoms with Crippen LogP contribution in [0.3, 0.4) is 0 Å². The van der Waals surface area contributed by atoms with Crippen molar-refractivity contribution in [3.8, 4) is 11.3 Å². The van der Waals surface area contributed by atoms with E-state index >= 15 is 4.39 Å². The number of carbonyl (C=O) groups excluding carboxylic acids is 1. The summed E-state index contributed by atoms with van der Waals surface area (Å²) in [5.41, 5.74) is 1.28. The van der Waals surface area contributed by atoms with Crippen LogP contribution in [0.1, 0.15) is 97.2 Å². The van der Waals surface area contributed by atoms with Crippen LogP contribution in [0.25, 0.3) is 11.3 Å². The summed E-state index contributed by atoms with van der Waals surface area (Å²) < 4.78 is 54.1. The zero-order valence-corrected chi connectivity index (χ0v) is 22.4. The molecular formula is C29H32F2N4O5. The molecule has 3 aromatic rings. The number of benzene rings is 1. The minimum atomic E-state index is -0.988. The van der Waals surface area contributed by atoms with E-state index in [9.17, 15) is 9.18 Å². The third-order valence-electron chi connectivity index (χ3n) is 7.49. The van der Waals surface area contributed by atoms with Crippen molar-refractivity contribution in [3.05, 3.63) is 64.9 Å². The van der Waals surface area contributed by atoms with Gasteiger partial charge in [-0.05, 0) is 44.2 Å². The van der Waals surface area contributed by atoms with Crippen LogP contribution in [0.5, 0.6) is 0 Å². The maximum absolute atomic E-state index is 15.2. The number of rotatable bonds is 9. The lowest BCUT2D eigenvalue weighted by molar-refractivity contribution is -0.0452. The zero-order valence-electron chi connectivity index (χ0n) is 22.4. The highest BCUT2D eigenvalue weighted by Crippen LogP contribution is 2.41. The lowest BCUT2D eigenvalue weighted by Gasteiger charge is -2.29. The second kappa shape index (κ2) is 11.7. The topological polar surface area (TPSA) is 97.6 Å². The quantitative estimate of drug-likeness (QED) is 0.249. The number of aromatic nitrogens is 4. The molecule has 2 aromatic heterocycles. The Morgan fingerprint density at radius 2 is 1.93 bits per heavy atom. The van der Waals surface area contributed by atoms with Gasteiger partial charge in [0, 0.05) is 35.9 Å². The molecule has 4 heterocycles. The molecule has 1 aliphatic carbocycles. The summed E-state index contributed by atoms with van der Waals surface area (Å²) in [6, 6.07) is 3.71. The molecule has 1 aromatic carbocycles. The van der Waals surface area contributed by atoms with Crippen molar-refractivity contribution in [2.24, 2.45) is 0 Å². The van der Waals surface area contributed by atoms with Gasteiger partial charge in [0.15, 0.2) is 12.0 Å². The normalized spacial score (nSPS) is 21.6. The molecule has 0 N–H and O–H groups in total. The monoisotopic (exact) mass is 554 g/mol. The molecule has 0 radical (unpaired) electrons. The SMILES string of the molecule is CCCCOC(=O)c1nc(C2CCO[C@@H](c3cnn(C4CC4)c3)C2)nc(-c2ccc(F)cc2F)c1C1OCCO1. The highest BCUT2D eigenvalue weighted by Gasteiger charge is 2.36. The Morgan fingerprint density at radius 1 is 1.10 bits per heavy atom. The molecule has 3 aliphatic rings. The first-order chi connectivity index (χ1) is 19.5. The number of esters is 1. The van der Waals surface area contributed by atoms with Gasteiger partial charge in [-0.25, -0.2) is 23.5 Å². The van der Waals surface area contributed by atoms with Crippen molar-refractivity contribution in [2.45, 2.75) is 69.8 Å². The van der Waals surface area contributed by atoms with Crippen molar-refractivity contribution in [1.29, 1.82) is 0 Å². The van der Waals surface area contributed by atoms with Gasteiger partial charge in [0.2, 0.25) is 0 Å². The van der Waals surface area contributed by atoms with Gasteiger partial charge in [-0.3, -0.25) is 4.68 Å². The maximum Gasteiger partial charge on any atom is 0.357 e. The maximum atomic E-state index is 15.2. The van der Waals surface area contributed by atoms with Crippen LogP contribution in [-0.2, 0) is 18.9 Å². The highest BCUT2D eigenvalue weighted by atomic mass is 19.1. The fraction of sp³-hybridized carbons (Fsp3) is 0.517. The predicted molar refractivity (Wildman–Crippen MR) is 138 cm³/mol. The number of unbranched alkanes of at least 4 members (excludes halogenated alkanes) is 1. The highest BCUT2D eigenvalue weighted by molar-refractivity contribution is 5.91. The number of hydrogen-bond acceptors (Lipinski definition) is 8. The van der Waals surface area contributed by atoms with Gasteiger partial charge in [0.1, 0.15) is 17.5 Å². The summed E-state index contributed by atoms with van der Waals surface area (Å²) in [7, 11) is 0. The summed E-state index contributed by atoms with van der Waals surface area (Å²) in [6.45, 7) is 3.25. The Hall–Kier alpha value is -3.28. The standard InChI is InChI=1S/C29H32F2N4O5/c1-2-3-9-38-28(36)26-24(29-39-11-12-40-29)25(21-7-4-19(30)14-22(21)31)33-27(34-26)17-8-10-37-23(13-17)18-15-32-35(16-18)20-5-6-20/h4,7,14-17,20,23,29H,2-3,5-6,8-13H2,1H3/t17?,23-/m1/s1. The van der Waals surface area contributed by atoms with E-state index in [1.807, 2.05) is 24.0 Å². The van der Waals surface area contributed by atoms with Gasteiger partial charge in [0.25, 0.3) is 0 Å². The molecule has 11 heteroatoms. The van der Waals surface area contributed by atoms with E-state index in [0.29, 0.717) is 37.7 Å². The molecule has 1 unspecified atom stereocenters. The Bertz CT molecular complexity index is 1370. The molecular weight excluding hydrogens is 522 g/mol. The van der Waals surface area contributed by atoms with Gasteiger partial charge in [-0.2, -0.15) is 5.10 Å².